The fourth-order valence-electron chi connectivity index (χ4n) is 2.37. The molecule has 0 heterocycles. The van der Waals surface area contributed by atoms with E-state index in [0.29, 0.717) is 0 Å². The molecule has 0 aliphatic rings. The van der Waals surface area contributed by atoms with Crippen LogP contribution in [-0.2, 0) is 10.1 Å². The van der Waals surface area contributed by atoms with E-state index >= 15 is 0 Å². The zero-order valence-electron chi connectivity index (χ0n) is 12.9. The summed E-state index contributed by atoms with van der Waals surface area (Å²) < 4.78 is 33.0. The van der Waals surface area contributed by atoms with Crippen LogP contribution in [0.15, 0.2) is 53.4 Å². The molecule has 22 heavy (non-hydrogen) atoms. The van der Waals surface area contributed by atoms with Crippen LogP contribution >= 0.6 is 7.92 Å². The summed E-state index contributed by atoms with van der Waals surface area (Å²) in [5.74, 6) is 0. The van der Waals surface area contributed by atoms with E-state index in [4.69, 9.17) is 0 Å². The predicted octanol–water partition coefficient (Wildman–Crippen LogP) is 3.47. The molecule has 2 aromatic rings. The van der Waals surface area contributed by atoms with Gasteiger partial charge in [0.1, 0.15) is 4.90 Å². The number of aryl methyl sites for hydroxylation is 1. The average molecular weight is 336 g/mol. The maximum absolute atomic E-state index is 11.7. The van der Waals surface area contributed by atoms with E-state index in [1.165, 1.54) is 6.07 Å². The van der Waals surface area contributed by atoms with Gasteiger partial charge in [-0.3, -0.25) is 4.55 Å². The van der Waals surface area contributed by atoms with E-state index in [2.05, 4.69) is 6.92 Å². The first-order valence-corrected chi connectivity index (χ1v) is 10.3. The average Bonchev–Trinajstić information content (AvgIpc) is 2.47. The summed E-state index contributed by atoms with van der Waals surface area (Å²) in [6.07, 6.45) is 3.00. The molecular weight excluding hydrogens is 315 g/mol. The number of hydrogen-bond acceptors (Lipinski definition) is 2. The summed E-state index contributed by atoms with van der Waals surface area (Å²) in [4.78, 5) is 0.0455. The normalized spacial score (nSPS) is 13.0. The summed E-state index contributed by atoms with van der Waals surface area (Å²) in [6, 6.07) is 15.1. The molecule has 0 radical (unpaired) electrons. The van der Waals surface area contributed by atoms with Crippen molar-refractivity contribution in [3.05, 3.63) is 54.1 Å². The molecule has 0 bridgehead atoms. The van der Waals surface area contributed by atoms with Crippen LogP contribution in [0.2, 0.25) is 0 Å². The number of hydrogen-bond donors (Lipinski definition) is 1. The van der Waals surface area contributed by atoms with Crippen molar-refractivity contribution in [1.82, 2.24) is 0 Å². The van der Waals surface area contributed by atoms with Gasteiger partial charge in [-0.2, -0.15) is 8.42 Å². The first-order chi connectivity index (χ1) is 10.4. The van der Waals surface area contributed by atoms with Gasteiger partial charge >= 0.3 is 0 Å². The maximum atomic E-state index is 11.7. The standard InChI is InChI=1S/C17H21O3PS/c1-3-4-12-21(15-8-6-5-7-9-15)16-13-14(2)10-11-17(16)22(18,19)20/h5-11,13H,3-4,12H2,1-2H3,(H,18,19,20). The van der Waals surface area contributed by atoms with Gasteiger partial charge in [-0.05, 0) is 44.9 Å². The monoisotopic (exact) mass is 336 g/mol. The second kappa shape index (κ2) is 7.36. The zero-order valence-corrected chi connectivity index (χ0v) is 14.6. The van der Waals surface area contributed by atoms with Crippen LogP contribution in [-0.4, -0.2) is 19.1 Å². The van der Waals surface area contributed by atoms with Gasteiger partial charge in [-0.25, -0.2) is 0 Å². The molecule has 0 aliphatic carbocycles. The number of unbranched alkanes of at least 4 members (excludes halogenated alkanes) is 1. The molecule has 0 saturated carbocycles. The molecule has 1 N–H and O–H groups in total. The van der Waals surface area contributed by atoms with E-state index < -0.39 is 18.0 Å². The fraction of sp³-hybridized carbons (Fsp3) is 0.294. The predicted molar refractivity (Wildman–Crippen MR) is 93.4 cm³/mol. The van der Waals surface area contributed by atoms with Crippen molar-refractivity contribution >= 4 is 28.6 Å². The highest BCUT2D eigenvalue weighted by molar-refractivity contribution is 7.87. The van der Waals surface area contributed by atoms with Crippen LogP contribution in [0, 0.1) is 6.92 Å². The van der Waals surface area contributed by atoms with Gasteiger partial charge in [-0.1, -0.05) is 55.3 Å². The van der Waals surface area contributed by atoms with Gasteiger partial charge in [0, 0.05) is 5.30 Å². The smallest absolute Gasteiger partial charge is 0.282 e. The Hall–Kier alpha value is -1.22. The molecule has 2 rings (SSSR count). The Morgan fingerprint density at radius 1 is 1.09 bits per heavy atom. The highest BCUT2D eigenvalue weighted by Crippen LogP contribution is 2.37. The second-order valence-electron chi connectivity index (χ2n) is 5.29. The molecule has 5 heteroatoms. The summed E-state index contributed by atoms with van der Waals surface area (Å²) in [5, 5.41) is 1.89. The van der Waals surface area contributed by atoms with Gasteiger partial charge in [0.05, 0.1) is 0 Å². The fourth-order valence-corrected chi connectivity index (χ4v) is 6.25. The van der Waals surface area contributed by atoms with E-state index in [1.54, 1.807) is 6.07 Å². The lowest BCUT2D eigenvalue weighted by Gasteiger charge is -2.21. The molecule has 0 saturated heterocycles. The highest BCUT2D eigenvalue weighted by atomic mass is 32.2. The Labute approximate surface area is 133 Å². The van der Waals surface area contributed by atoms with E-state index in [0.717, 1.165) is 35.2 Å². The van der Waals surface area contributed by atoms with Crippen molar-refractivity contribution in [1.29, 1.82) is 0 Å². The van der Waals surface area contributed by atoms with Crippen molar-refractivity contribution in [3.63, 3.8) is 0 Å². The molecule has 0 aromatic heterocycles. The van der Waals surface area contributed by atoms with Crippen LogP contribution in [0.5, 0.6) is 0 Å². The third-order valence-electron chi connectivity index (χ3n) is 3.49. The minimum Gasteiger partial charge on any atom is -0.282 e. The van der Waals surface area contributed by atoms with Gasteiger partial charge < -0.3 is 0 Å². The summed E-state index contributed by atoms with van der Waals surface area (Å²) >= 11 is 0. The quantitative estimate of drug-likeness (QED) is 0.649. The molecule has 118 valence electrons. The van der Waals surface area contributed by atoms with Gasteiger partial charge in [0.2, 0.25) is 0 Å². The topological polar surface area (TPSA) is 54.4 Å². The van der Waals surface area contributed by atoms with Crippen molar-refractivity contribution in [3.8, 4) is 0 Å². The van der Waals surface area contributed by atoms with Crippen LogP contribution in [0.1, 0.15) is 25.3 Å². The second-order valence-corrected chi connectivity index (χ2v) is 8.98. The minimum absolute atomic E-state index is 0.0455. The Kier molecular flexibility index (Phi) is 5.74. The van der Waals surface area contributed by atoms with Crippen molar-refractivity contribution in [2.24, 2.45) is 0 Å². The Bertz CT molecular complexity index is 727. The molecule has 0 amide bonds. The molecule has 1 unspecified atom stereocenters. The van der Waals surface area contributed by atoms with Crippen LogP contribution in [0.4, 0.5) is 0 Å². The first kappa shape index (κ1) is 17.1. The van der Waals surface area contributed by atoms with Gasteiger partial charge in [0.25, 0.3) is 10.1 Å². The third-order valence-corrected chi connectivity index (χ3v) is 7.19. The SMILES string of the molecule is CCCCP(c1ccccc1)c1cc(C)ccc1S(=O)(=O)O. The minimum atomic E-state index is -4.21. The molecule has 0 aliphatic heterocycles. The van der Waals surface area contributed by atoms with Crippen LogP contribution in [0.3, 0.4) is 0 Å². The first-order valence-electron chi connectivity index (χ1n) is 7.34. The van der Waals surface area contributed by atoms with Gasteiger partial charge in [0.15, 0.2) is 0 Å². The molecule has 2 aromatic carbocycles. The molecule has 3 nitrogen and oxygen atoms in total. The van der Waals surface area contributed by atoms with Crippen LogP contribution in [0.25, 0.3) is 0 Å². The van der Waals surface area contributed by atoms with Crippen LogP contribution < -0.4 is 10.6 Å². The lowest BCUT2D eigenvalue weighted by Crippen LogP contribution is -2.20. The number of benzene rings is 2. The Morgan fingerprint density at radius 2 is 1.77 bits per heavy atom. The summed E-state index contributed by atoms with van der Waals surface area (Å²) in [6.45, 7) is 4.06. The highest BCUT2D eigenvalue weighted by Gasteiger charge is 2.23. The van der Waals surface area contributed by atoms with Crippen molar-refractivity contribution in [2.45, 2.75) is 31.6 Å². The molecule has 0 spiro atoms. The Morgan fingerprint density at radius 3 is 2.36 bits per heavy atom. The molecule has 0 fully saturated rings. The van der Waals surface area contributed by atoms with E-state index in [-0.39, 0.29) is 4.90 Å². The largest absolute Gasteiger partial charge is 0.295 e. The van der Waals surface area contributed by atoms with E-state index in [1.807, 2.05) is 43.3 Å². The third kappa shape index (κ3) is 4.16. The molecular formula is C17H21O3PS. The van der Waals surface area contributed by atoms with E-state index in [9.17, 15) is 13.0 Å². The number of rotatable bonds is 6. The Balaban J connectivity index is 2.59. The maximum Gasteiger partial charge on any atom is 0.295 e. The lowest BCUT2D eigenvalue weighted by molar-refractivity contribution is 0.484. The summed E-state index contributed by atoms with van der Waals surface area (Å²) in [7, 11) is -5.01. The molecule has 1 atom stereocenters. The van der Waals surface area contributed by atoms with Crippen molar-refractivity contribution in [2.75, 3.05) is 6.16 Å². The lowest BCUT2D eigenvalue weighted by atomic mass is 10.2. The summed E-state index contributed by atoms with van der Waals surface area (Å²) in [5.41, 5.74) is 1.00. The van der Waals surface area contributed by atoms with Gasteiger partial charge in [-0.15, -0.1) is 0 Å². The zero-order chi connectivity index (χ0) is 16.2. The van der Waals surface area contributed by atoms with Crippen molar-refractivity contribution < 1.29 is 13.0 Å².